The van der Waals surface area contributed by atoms with Crippen LogP contribution in [-0.2, 0) is 0 Å². The molecule has 0 radical (unpaired) electrons. The highest BCUT2D eigenvalue weighted by atomic mass is 16.5. The number of para-hydroxylation sites is 1. The molecule has 1 aliphatic carbocycles. The maximum atomic E-state index is 5.74. The zero-order valence-corrected chi connectivity index (χ0v) is 11.8. The molecule has 1 aromatic carbocycles. The van der Waals surface area contributed by atoms with E-state index in [1.807, 2.05) is 6.92 Å². The quantitative estimate of drug-likeness (QED) is 0.829. The Kier molecular flexibility index (Phi) is 4.65. The molecule has 18 heavy (non-hydrogen) atoms. The van der Waals surface area contributed by atoms with Crippen molar-refractivity contribution in [3.63, 3.8) is 0 Å². The summed E-state index contributed by atoms with van der Waals surface area (Å²) in [5, 5.41) is 3.63. The fourth-order valence-corrected chi connectivity index (χ4v) is 2.87. The Morgan fingerprint density at radius 1 is 1.28 bits per heavy atom. The minimum absolute atomic E-state index is 0.655. The standard InChI is InChI=1S/C16H25NO/c1-4-10-17-15-11-14(12(15)3)13-8-6-7-9-16(13)18-5-2/h6-9,12,14-15,17H,4-5,10-11H2,1-3H3. The van der Waals surface area contributed by atoms with Crippen LogP contribution in [0, 0.1) is 5.92 Å². The van der Waals surface area contributed by atoms with Crippen molar-refractivity contribution >= 4 is 0 Å². The van der Waals surface area contributed by atoms with E-state index < -0.39 is 0 Å². The van der Waals surface area contributed by atoms with Crippen molar-refractivity contribution in [3.8, 4) is 5.75 Å². The van der Waals surface area contributed by atoms with E-state index in [4.69, 9.17) is 4.74 Å². The van der Waals surface area contributed by atoms with Crippen LogP contribution in [0.15, 0.2) is 24.3 Å². The highest BCUT2D eigenvalue weighted by Crippen LogP contribution is 2.45. The third-order valence-corrected chi connectivity index (χ3v) is 4.05. The number of ether oxygens (including phenoxy) is 1. The van der Waals surface area contributed by atoms with E-state index in [2.05, 4.69) is 43.4 Å². The van der Waals surface area contributed by atoms with Crippen LogP contribution in [0.5, 0.6) is 5.75 Å². The summed E-state index contributed by atoms with van der Waals surface area (Å²) in [5.41, 5.74) is 1.39. The van der Waals surface area contributed by atoms with E-state index in [-0.39, 0.29) is 0 Å². The minimum Gasteiger partial charge on any atom is -0.494 e. The SMILES string of the molecule is CCCNC1CC(c2ccccc2OCC)C1C. The Morgan fingerprint density at radius 3 is 2.72 bits per heavy atom. The van der Waals surface area contributed by atoms with Crippen molar-refractivity contribution in [2.45, 2.75) is 45.6 Å². The van der Waals surface area contributed by atoms with Gasteiger partial charge in [-0.3, -0.25) is 0 Å². The lowest BCUT2D eigenvalue weighted by molar-refractivity contribution is 0.180. The molecule has 0 heterocycles. The lowest BCUT2D eigenvalue weighted by atomic mass is 9.67. The Labute approximate surface area is 111 Å². The molecule has 1 N–H and O–H groups in total. The fraction of sp³-hybridized carbons (Fsp3) is 0.625. The van der Waals surface area contributed by atoms with Gasteiger partial charge in [-0.15, -0.1) is 0 Å². The molecule has 3 unspecified atom stereocenters. The van der Waals surface area contributed by atoms with Gasteiger partial charge in [-0.05, 0) is 49.8 Å². The average Bonchev–Trinajstić information content (AvgIpc) is 2.39. The lowest BCUT2D eigenvalue weighted by Crippen LogP contribution is -2.48. The maximum Gasteiger partial charge on any atom is 0.122 e. The van der Waals surface area contributed by atoms with Crippen LogP contribution in [0.4, 0.5) is 0 Å². The van der Waals surface area contributed by atoms with Crippen LogP contribution in [-0.4, -0.2) is 19.2 Å². The largest absolute Gasteiger partial charge is 0.494 e. The topological polar surface area (TPSA) is 21.3 Å². The molecule has 0 bridgehead atoms. The van der Waals surface area contributed by atoms with Gasteiger partial charge in [0.25, 0.3) is 0 Å². The van der Waals surface area contributed by atoms with Gasteiger partial charge in [-0.1, -0.05) is 32.0 Å². The van der Waals surface area contributed by atoms with E-state index in [0.717, 1.165) is 18.9 Å². The van der Waals surface area contributed by atoms with E-state index in [1.165, 1.54) is 18.4 Å². The summed E-state index contributed by atoms with van der Waals surface area (Å²) < 4.78 is 5.74. The molecule has 0 saturated heterocycles. The normalized spacial score (nSPS) is 26.7. The predicted molar refractivity (Wildman–Crippen MR) is 76.2 cm³/mol. The number of hydrogen-bond acceptors (Lipinski definition) is 2. The molecule has 1 aromatic rings. The fourth-order valence-electron chi connectivity index (χ4n) is 2.87. The predicted octanol–water partition coefficient (Wildman–Crippen LogP) is 3.58. The molecular formula is C16H25NO. The summed E-state index contributed by atoms with van der Waals surface area (Å²) in [7, 11) is 0. The van der Waals surface area contributed by atoms with Crippen LogP contribution in [0.3, 0.4) is 0 Å². The molecule has 0 aromatic heterocycles. The Balaban J connectivity index is 2.01. The Morgan fingerprint density at radius 2 is 2.06 bits per heavy atom. The van der Waals surface area contributed by atoms with Gasteiger partial charge < -0.3 is 10.1 Å². The first-order valence-electron chi connectivity index (χ1n) is 7.23. The van der Waals surface area contributed by atoms with Crippen LogP contribution in [0.2, 0.25) is 0 Å². The number of benzene rings is 1. The molecule has 0 aliphatic heterocycles. The second-order valence-corrected chi connectivity index (χ2v) is 5.23. The zero-order valence-electron chi connectivity index (χ0n) is 11.8. The summed E-state index contributed by atoms with van der Waals surface area (Å²) in [4.78, 5) is 0. The van der Waals surface area contributed by atoms with E-state index in [1.54, 1.807) is 0 Å². The lowest BCUT2D eigenvalue weighted by Gasteiger charge is -2.44. The molecule has 2 rings (SSSR count). The third-order valence-electron chi connectivity index (χ3n) is 4.05. The van der Waals surface area contributed by atoms with Crippen molar-refractivity contribution in [2.75, 3.05) is 13.2 Å². The second kappa shape index (κ2) is 6.24. The smallest absolute Gasteiger partial charge is 0.122 e. The first kappa shape index (κ1) is 13.4. The van der Waals surface area contributed by atoms with Gasteiger partial charge in [0.15, 0.2) is 0 Å². The van der Waals surface area contributed by atoms with Crippen LogP contribution in [0.1, 0.15) is 45.1 Å². The third kappa shape index (κ3) is 2.69. The highest BCUT2D eigenvalue weighted by Gasteiger charge is 2.39. The number of rotatable bonds is 6. The molecule has 100 valence electrons. The average molecular weight is 247 g/mol. The van der Waals surface area contributed by atoms with Crippen LogP contribution < -0.4 is 10.1 Å². The van der Waals surface area contributed by atoms with Gasteiger partial charge in [-0.2, -0.15) is 0 Å². The number of hydrogen-bond donors (Lipinski definition) is 1. The Hall–Kier alpha value is -1.02. The summed E-state index contributed by atoms with van der Waals surface area (Å²) >= 11 is 0. The van der Waals surface area contributed by atoms with E-state index in [0.29, 0.717) is 17.9 Å². The van der Waals surface area contributed by atoms with Crippen molar-refractivity contribution in [3.05, 3.63) is 29.8 Å². The van der Waals surface area contributed by atoms with Gasteiger partial charge in [0.05, 0.1) is 6.61 Å². The first-order chi connectivity index (χ1) is 8.77. The summed E-state index contributed by atoms with van der Waals surface area (Å²) in [6.07, 6.45) is 2.45. The summed E-state index contributed by atoms with van der Waals surface area (Å²) in [5.74, 6) is 2.44. The monoisotopic (exact) mass is 247 g/mol. The molecule has 1 saturated carbocycles. The minimum atomic E-state index is 0.655. The summed E-state index contributed by atoms with van der Waals surface area (Å²) in [6.45, 7) is 8.50. The Bertz CT molecular complexity index is 377. The molecule has 0 spiro atoms. The highest BCUT2D eigenvalue weighted by molar-refractivity contribution is 5.38. The van der Waals surface area contributed by atoms with Gasteiger partial charge >= 0.3 is 0 Å². The molecule has 2 heteroatoms. The molecule has 1 fully saturated rings. The van der Waals surface area contributed by atoms with Crippen molar-refractivity contribution in [1.82, 2.24) is 5.32 Å². The maximum absolute atomic E-state index is 5.74. The second-order valence-electron chi connectivity index (χ2n) is 5.23. The molecule has 1 aliphatic rings. The van der Waals surface area contributed by atoms with Crippen LogP contribution in [0.25, 0.3) is 0 Å². The van der Waals surface area contributed by atoms with Gasteiger partial charge in [0, 0.05) is 6.04 Å². The zero-order chi connectivity index (χ0) is 13.0. The molecule has 3 atom stereocenters. The van der Waals surface area contributed by atoms with Gasteiger partial charge in [-0.25, -0.2) is 0 Å². The van der Waals surface area contributed by atoms with E-state index >= 15 is 0 Å². The molecule has 2 nitrogen and oxygen atoms in total. The van der Waals surface area contributed by atoms with Crippen molar-refractivity contribution < 1.29 is 4.74 Å². The van der Waals surface area contributed by atoms with Crippen molar-refractivity contribution in [2.24, 2.45) is 5.92 Å². The van der Waals surface area contributed by atoms with E-state index in [9.17, 15) is 0 Å². The first-order valence-corrected chi connectivity index (χ1v) is 7.23. The van der Waals surface area contributed by atoms with Crippen molar-refractivity contribution in [1.29, 1.82) is 0 Å². The molecule has 0 amide bonds. The van der Waals surface area contributed by atoms with Gasteiger partial charge in [0.2, 0.25) is 0 Å². The number of nitrogens with one attached hydrogen (secondary N) is 1. The van der Waals surface area contributed by atoms with Crippen LogP contribution >= 0.6 is 0 Å². The van der Waals surface area contributed by atoms with Gasteiger partial charge in [0.1, 0.15) is 5.75 Å². The molecular weight excluding hydrogens is 222 g/mol. The summed E-state index contributed by atoms with van der Waals surface area (Å²) in [6, 6.07) is 9.19.